The number of rotatable bonds is 8. The molecule has 1 amide bonds. The highest BCUT2D eigenvalue weighted by molar-refractivity contribution is 7.91. The van der Waals surface area contributed by atoms with Crippen LogP contribution >= 0.6 is 23.7 Å². The van der Waals surface area contributed by atoms with Crippen LogP contribution < -0.4 is 10.6 Å². The van der Waals surface area contributed by atoms with Crippen molar-refractivity contribution in [3.8, 4) is 0 Å². The molecule has 2 rings (SSSR count). The van der Waals surface area contributed by atoms with Crippen molar-refractivity contribution in [3.05, 3.63) is 17.0 Å². The Kier molecular flexibility index (Phi) is 7.96. The molecule has 1 aliphatic rings. The number of halogens is 1. The van der Waals surface area contributed by atoms with Gasteiger partial charge in [0.05, 0.1) is 5.92 Å². The summed E-state index contributed by atoms with van der Waals surface area (Å²) in [6.45, 7) is 6.64. The Morgan fingerprint density at radius 2 is 2.00 bits per heavy atom. The zero-order valence-corrected chi connectivity index (χ0v) is 15.8. The van der Waals surface area contributed by atoms with Gasteiger partial charge in [0.15, 0.2) is 0 Å². The number of nitrogens with one attached hydrogen (secondary N) is 2. The fourth-order valence-corrected chi connectivity index (χ4v) is 5.22. The fourth-order valence-electron chi connectivity index (χ4n) is 2.25. The van der Waals surface area contributed by atoms with E-state index >= 15 is 0 Å². The predicted octanol–water partition coefficient (Wildman–Crippen LogP) is 1.08. The van der Waals surface area contributed by atoms with Gasteiger partial charge in [0.1, 0.15) is 4.21 Å². The van der Waals surface area contributed by atoms with Gasteiger partial charge < -0.3 is 10.6 Å². The Morgan fingerprint density at radius 3 is 2.52 bits per heavy atom. The summed E-state index contributed by atoms with van der Waals surface area (Å²) in [5.74, 6) is 0.160. The summed E-state index contributed by atoms with van der Waals surface area (Å²) in [4.78, 5) is 12.7. The molecular weight excluding hydrogens is 358 g/mol. The molecule has 2 N–H and O–H groups in total. The van der Waals surface area contributed by atoms with E-state index in [0.29, 0.717) is 30.3 Å². The molecule has 9 heteroatoms. The summed E-state index contributed by atoms with van der Waals surface area (Å²) in [6.07, 6.45) is 0.657. The largest absolute Gasteiger partial charge is 0.355 e. The second-order valence-electron chi connectivity index (χ2n) is 5.21. The predicted molar refractivity (Wildman–Crippen MR) is 94.7 cm³/mol. The first kappa shape index (κ1) is 20.4. The van der Waals surface area contributed by atoms with Gasteiger partial charge in [0.2, 0.25) is 5.91 Å². The summed E-state index contributed by atoms with van der Waals surface area (Å²) < 4.78 is 26.6. The number of sulfonamides is 1. The number of nitrogens with zero attached hydrogens (tertiary/aromatic N) is 1. The fraction of sp³-hybridized carbons (Fsp3) is 0.643. The maximum absolute atomic E-state index is 12.4. The monoisotopic (exact) mass is 381 g/mol. The number of carbonyl (C=O) groups is 1. The van der Waals surface area contributed by atoms with Gasteiger partial charge in [-0.1, -0.05) is 13.8 Å². The van der Waals surface area contributed by atoms with Gasteiger partial charge >= 0.3 is 0 Å². The Labute approximate surface area is 148 Å². The van der Waals surface area contributed by atoms with Crippen molar-refractivity contribution in [2.24, 2.45) is 5.92 Å². The maximum Gasteiger partial charge on any atom is 0.252 e. The number of hydrogen-bond donors (Lipinski definition) is 2. The highest BCUT2D eigenvalue weighted by atomic mass is 35.5. The molecule has 1 aromatic heterocycles. The van der Waals surface area contributed by atoms with Crippen LogP contribution in [-0.2, 0) is 21.2 Å². The van der Waals surface area contributed by atoms with Crippen molar-refractivity contribution in [1.29, 1.82) is 0 Å². The minimum absolute atomic E-state index is 0. The Hall–Kier alpha value is -0.670. The number of thiophene rings is 1. The molecule has 1 fully saturated rings. The van der Waals surface area contributed by atoms with Crippen LogP contribution in [-0.4, -0.2) is 51.4 Å². The number of hydrogen-bond acceptors (Lipinski definition) is 5. The molecule has 0 saturated carbocycles. The van der Waals surface area contributed by atoms with E-state index in [1.165, 1.54) is 15.6 Å². The molecule has 1 aromatic rings. The molecule has 23 heavy (non-hydrogen) atoms. The molecule has 132 valence electrons. The molecule has 1 saturated heterocycles. The zero-order valence-electron chi connectivity index (χ0n) is 13.4. The average Bonchev–Trinajstić information content (AvgIpc) is 2.87. The van der Waals surface area contributed by atoms with Crippen LogP contribution in [0.1, 0.15) is 18.7 Å². The molecule has 1 aliphatic heterocycles. The van der Waals surface area contributed by atoms with E-state index in [1.54, 1.807) is 6.07 Å². The lowest BCUT2D eigenvalue weighted by Crippen LogP contribution is -2.51. The normalized spacial score (nSPS) is 15.1. The third-order valence-corrected chi connectivity index (χ3v) is 7.42. The molecule has 0 aliphatic carbocycles. The van der Waals surface area contributed by atoms with Crippen molar-refractivity contribution in [1.82, 2.24) is 14.9 Å². The zero-order chi connectivity index (χ0) is 16.2. The van der Waals surface area contributed by atoms with Crippen LogP contribution in [0.3, 0.4) is 0 Å². The van der Waals surface area contributed by atoms with Crippen molar-refractivity contribution in [3.63, 3.8) is 0 Å². The Bertz CT molecular complexity index is 611. The van der Waals surface area contributed by atoms with Gasteiger partial charge in [-0.05, 0) is 18.6 Å². The lowest BCUT2D eigenvalue weighted by molar-refractivity contribution is -0.126. The first-order chi connectivity index (χ1) is 10.5. The maximum atomic E-state index is 12.4. The minimum Gasteiger partial charge on any atom is -0.355 e. The standard InChI is InChI=1S/C14H23N3O3S2.ClH/c1-3-17(4-2)22(19,20)13-6-5-12(21-13)7-8-16-14(18)11-9-15-10-11;/h5-6,11,15H,3-4,7-10H2,1-2H3,(H,16,18);1H. The van der Waals surface area contributed by atoms with Crippen LogP contribution in [0.5, 0.6) is 0 Å². The summed E-state index contributed by atoms with van der Waals surface area (Å²) in [7, 11) is -3.37. The second-order valence-corrected chi connectivity index (χ2v) is 8.54. The third-order valence-electron chi connectivity index (χ3n) is 3.76. The van der Waals surface area contributed by atoms with E-state index in [1.807, 2.05) is 19.9 Å². The van der Waals surface area contributed by atoms with E-state index in [9.17, 15) is 13.2 Å². The lowest BCUT2D eigenvalue weighted by atomic mass is 10.0. The summed E-state index contributed by atoms with van der Waals surface area (Å²) in [6, 6.07) is 3.49. The molecule has 0 unspecified atom stereocenters. The van der Waals surface area contributed by atoms with Crippen LogP contribution in [0.2, 0.25) is 0 Å². The van der Waals surface area contributed by atoms with Crippen LogP contribution in [0.25, 0.3) is 0 Å². The van der Waals surface area contributed by atoms with Gasteiger partial charge in [0, 0.05) is 37.6 Å². The highest BCUT2D eigenvalue weighted by Gasteiger charge is 2.25. The molecule has 0 spiro atoms. The van der Waals surface area contributed by atoms with E-state index in [4.69, 9.17) is 0 Å². The van der Waals surface area contributed by atoms with Crippen molar-refractivity contribution in [2.45, 2.75) is 24.5 Å². The smallest absolute Gasteiger partial charge is 0.252 e. The van der Waals surface area contributed by atoms with Crippen molar-refractivity contribution >= 4 is 39.7 Å². The lowest BCUT2D eigenvalue weighted by Gasteiger charge is -2.25. The number of amides is 1. The average molecular weight is 382 g/mol. The summed E-state index contributed by atoms with van der Waals surface area (Å²) in [5, 5.41) is 5.96. The first-order valence-electron chi connectivity index (χ1n) is 7.56. The first-order valence-corrected chi connectivity index (χ1v) is 9.82. The van der Waals surface area contributed by atoms with Crippen LogP contribution in [0.15, 0.2) is 16.3 Å². The SMILES string of the molecule is CCN(CC)S(=O)(=O)c1ccc(CCNC(=O)C2CNC2)s1.Cl. The van der Waals surface area contributed by atoms with Gasteiger partial charge in [-0.2, -0.15) is 4.31 Å². The minimum atomic E-state index is -3.37. The van der Waals surface area contributed by atoms with Crippen LogP contribution in [0.4, 0.5) is 0 Å². The molecule has 0 aromatic carbocycles. The third kappa shape index (κ3) is 4.90. The van der Waals surface area contributed by atoms with Gasteiger partial charge in [-0.3, -0.25) is 4.79 Å². The van der Waals surface area contributed by atoms with E-state index in [2.05, 4.69) is 10.6 Å². The van der Waals surface area contributed by atoms with E-state index < -0.39 is 10.0 Å². The number of carbonyl (C=O) groups excluding carboxylic acids is 1. The molecule has 2 heterocycles. The molecule has 0 bridgehead atoms. The quantitative estimate of drug-likeness (QED) is 0.706. The van der Waals surface area contributed by atoms with E-state index in [-0.39, 0.29) is 24.2 Å². The highest BCUT2D eigenvalue weighted by Crippen LogP contribution is 2.25. The molecule has 0 radical (unpaired) electrons. The topological polar surface area (TPSA) is 78.5 Å². The van der Waals surface area contributed by atoms with Gasteiger partial charge in [-0.15, -0.1) is 23.7 Å². The summed E-state index contributed by atoms with van der Waals surface area (Å²) in [5.41, 5.74) is 0. The van der Waals surface area contributed by atoms with Crippen molar-refractivity contribution in [2.75, 3.05) is 32.7 Å². The van der Waals surface area contributed by atoms with Crippen molar-refractivity contribution < 1.29 is 13.2 Å². The van der Waals surface area contributed by atoms with Crippen LogP contribution in [0, 0.1) is 5.92 Å². The summed E-state index contributed by atoms with van der Waals surface area (Å²) >= 11 is 1.29. The Morgan fingerprint density at radius 1 is 1.35 bits per heavy atom. The molecule has 6 nitrogen and oxygen atoms in total. The molecule has 0 atom stereocenters. The second kappa shape index (κ2) is 8.98. The molecular formula is C14H24ClN3O3S2. The van der Waals surface area contributed by atoms with Gasteiger partial charge in [-0.25, -0.2) is 8.42 Å². The van der Waals surface area contributed by atoms with Gasteiger partial charge in [0.25, 0.3) is 10.0 Å². The van der Waals surface area contributed by atoms with E-state index in [0.717, 1.165) is 18.0 Å². The Balaban J connectivity index is 0.00000264.